The molecule has 2 aromatic rings. The van der Waals surface area contributed by atoms with Gasteiger partial charge >= 0.3 is 0 Å². The molecule has 0 aliphatic rings. The summed E-state index contributed by atoms with van der Waals surface area (Å²) in [5, 5.41) is 0. The predicted octanol–water partition coefficient (Wildman–Crippen LogP) is 0.441. The predicted molar refractivity (Wildman–Crippen MR) is 65.0 cm³/mol. The van der Waals surface area contributed by atoms with E-state index in [9.17, 15) is 0 Å². The molecule has 0 aliphatic carbocycles. The summed E-state index contributed by atoms with van der Waals surface area (Å²) in [6, 6.07) is 4.16. The molecule has 0 radical (unpaired) electrons. The lowest BCUT2D eigenvalue weighted by atomic mass is 10.2. The molecule has 0 atom stereocenters. The molecule has 2 N–H and O–H groups in total. The van der Waals surface area contributed by atoms with Crippen LogP contribution in [0.3, 0.4) is 0 Å². The molecule has 4 nitrogen and oxygen atoms in total. The smallest absolute Gasteiger partial charge is 0.297 e. The van der Waals surface area contributed by atoms with Crippen molar-refractivity contribution in [3.63, 3.8) is 0 Å². The van der Waals surface area contributed by atoms with E-state index < -0.39 is 0 Å². The van der Waals surface area contributed by atoms with Crippen LogP contribution in [0, 0.1) is 13.8 Å². The minimum absolute atomic E-state index is 0.605. The Kier molecular flexibility index (Phi) is 3.04. The van der Waals surface area contributed by atoms with Crippen LogP contribution in [0.1, 0.15) is 17.0 Å². The Balaban J connectivity index is 2.30. The fourth-order valence-corrected chi connectivity index (χ4v) is 1.67. The monoisotopic (exact) mass is 230 g/mol. The third-order valence-corrected chi connectivity index (χ3v) is 2.88. The summed E-state index contributed by atoms with van der Waals surface area (Å²) in [7, 11) is 1.98. The van der Waals surface area contributed by atoms with Gasteiger partial charge in [-0.25, -0.2) is 9.13 Å². The highest BCUT2D eigenvalue weighted by atomic mass is 15.0. The molecule has 0 spiro atoms. The van der Waals surface area contributed by atoms with Crippen molar-refractivity contribution in [1.82, 2.24) is 4.98 Å². The zero-order valence-corrected chi connectivity index (χ0v) is 10.5. The molecule has 0 saturated carbocycles. The maximum absolute atomic E-state index is 5.93. The van der Waals surface area contributed by atoms with Crippen molar-refractivity contribution in [2.24, 2.45) is 7.05 Å². The molecule has 4 heteroatoms. The number of aryl methyl sites for hydroxylation is 3. The first-order valence-corrected chi connectivity index (χ1v) is 5.63. The lowest BCUT2D eigenvalue weighted by Crippen LogP contribution is -2.38. The molecule has 0 saturated heterocycles. The lowest BCUT2D eigenvalue weighted by molar-refractivity contribution is -0.697. The standard InChI is InChI=1S/C13H17N4/c1-10-4-6-17(7-5-10)9-12-8-16(3)11(2)15-13(12)14/h4-8,14H,9H2,1-3H3/q+1/p+1. The van der Waals surface area contributed by atoms with Gasteiger partial charge in [0, 0.05) is 19.1 Å². The van der Waals surface area contributed by atoms with Gasteiger partial charge in [0.05, 0.1) is 7.05 Å². The molecule has 2 heterocycles. The van der Waals surface area contributed by atoms with Gasteiger partial charge < -0.3 is 5.73 Å². The van der Waals surface area contributed by atoms with E-state index in [2.05, 4.69) is 41.0 Å². The first-order valence-electron chi connectivity index (χ1n) is 5.63. The molecule has 0 amide bonds. The number of aromatic nitrogens is 3. The van der Waals surface area contributed by atoms with Crippen molar-refractivity contribution < 1.29 is 9.13 Å². The van der Waals surface area contributed by atoms with E-state index in [-0.39, 0.29) is 0 Å². The number of nitrogens with zero attached hydrogens (tertiary/aromatic N) is 3. The summed E-state index contributed by atoms with van der Waals surface area (Å²) in [5.41, 5.74) is 8.22. The third kappa shape index (κ3) is 2.58. The van der Waals surface area contributed by atoms with E-state index in [1.165, 1.54) is 5.56 Å². The molecule has 0 aliphatic heterocycles. The van der Waals surface area contributed by atoms with Crippen LogP contribution < -0.4 is 14.9 Å². The maximum Gasteiger partial charge on any atom is 0.297 e. The Bertz CT molecular complexity index is 532. The van der Waals surface area contributed by atoms with Crippen LogP contribution in [0.15, 0.2) is 30.7 Å². The molecule has 17 heavy (non-hydrogen) atoms. The van der Waals surface area contributed by atoms with Gasteiger partial charge in [-0.1, -0.05) is 0 Å². The largest absolute Gasteiger partial charge is 0.362 e. The van der Waals surface area contributed by atoms with Crippen molar-refractivity contribution in [2.45, 2.75) is 20.4 Å². The number of hydrogen-bond donors (Lipinski definition) is 1. The van der Waals surface area contributed by atoms with Crippen LogP contribution in [0.2, 0.25) is 0 Å². The Hall–Kier alpha value is -1.97. The lowest BCUT2D eigenvalue weighted by Gasteiger charge is -2.00. The Labute approximate surface area is 101 Å². The Morgan fingerprint density at radius 1 is 1.24 bits per heavy atom. The highest BCUT2D eigenvalue weighted by Crippen LogP contribution is 2.05. The summed E-state index contributed by atoms with van der Waals surface area (Å²) in [6.07, 6.45) is 6.13. The van der Waals surface area contributed by atoms with Crippen LogP contribution in [-0.2, 0) is 13.6 Å². The molecular formula is C13H18N4+2. The average Bonchev–Trinajstić information content (AvgIpc) is 2.29. The van der Waals surface area contributed by atoms with Crippen molar-refractivity contribution in [3.8, 4) is 0 Å². The summed E-state index contributed by atoms with van der Waals surface area (Å²) >= 11 is 0. The molecule has 2 rings (SSSR count). The Morgan fingerprint density at radius 3 is 2.53 bits per heavy atom. The van der Waals surface area contributed by atoms with E-state index in [1.807, 2.05) is 24.7 Å². The van der Waals surface area contributed by atoms with Crippen molar-refractivity contribution in [3.05, 3.63) is 47.7 Å². The van der Waals surface area contributed by atoms with Gasteiger partial charge in [-0.3, -0.25) is 0 Å². The zero-order valence-electron chi connectivity index (χ0n) is 10.5. The summed E-state index contributed by atoms with van der Waals surface area (Å²) < 4.78 is 4.08. The van der Waals surface area contributed by atoms with Crippen molar-refractivity contribution in [2.75, 3.05) is 5.73 Å². The number of anilines is 1. The maximum atomic E-state index is 5.93. The highest BCUT2D eigenvalue weighted by Gasteiger charge is 2.15. The van der Waals surface area contributed by atoms with E-state index in [0.717, 1.165) is 17.9 Å². The SMILES string of the molecule is Cc1cc[n+](Cc2c[n+](C)c(C)nc2N)cc1. The van der Waals surface area contributed by atoms with Crippen molar-refractivity contribution in [1.29, 1.82) is 0 Å². The van der Waals surface area contributed by atoms with E-state index in [4.69, 9.17) is 5.73 Å². The second kappa shape index (κ2) is 4.49. The van der Waals surface area contributed by atoms with E-state index >= 15 is 0 Å². The summed E-state index contributed by atoms with van der Waals surface area (Å²) in [6.45, 7) is 4.76. The summed E-state index contributed by atoms with van der Waals surface area (Å²) in [5.74, 6) is 1.52. The minimum Gasteiger partial charge on any atom is -0.362 e. The average molecular weight is 230 g/mol. The molecule has 0 bridgehead atoms. The number of nitrogens with two attached hydrogens (primary N) is 1. The van der Waals surface area contributed by atoms with Crippen LogP contribution in [-0.4, -0.2) is 4.98 Å². The van der Waals surface area contributed by atoms with Gasteiger partial charge in [-0.15, -0.1) is 0 Å². The zero-order chi connectivity index (χ0) is 12.4. The van der Waals surface area contributed by atoms with Gasteiger partial charge in [-0.2, -0.15) is 0 Å². The number of nitrogen functional groups attached to an aromatic ring is 1. The van der Waals surface area contributed by atoms with Gasteiger partial charge in [0.25, 0.3) is 11.6 Å². The number of rotatable bonds is 2. The Morgan fingerprint density at radius 2 is 1.88 bits per heavy atom. The molecule has 2 aromatic heterocycles. The minimum atomic E-state index is 0.605. The van der Waals surface area contributed by atoms with Gasteiger partial charge in [0.1, 0.15) is 11.8 Å². The van der Waals surface area contributed by atoms with E-state index in [1.54, 1.807) is 0 Å². The van der Waals surface area contributed by atoms with Crippen LogP contribution >= 0.6 is 0 Å². The molecule has 0 unspecified atom stereocenters. The fraction of sp³-hybridized carbons (Fsp3) is 0.308. The number of hydrogen-bond acceptors (Lipinski definition) is 2. The van der Waals surface area contributed by atoms with Gasteiger partial charge in [-0.05, 0) is 17.5 Å². The van der Waals surface area contributed by atoms with Crippen LogP contribution in [0.5, 0.6) is 0 Å². The third-order valence-electron chi connectivity index (χ3n) is 2.88. The van der Waals surface area contributed by atoms with Crippen molar-refractivity contribution >= 4 is 5.82 Å². The van der Waals surface area contributed by atoms with Gasteiger partial charge in [0.15, 0.2) is 18.9 Å². The molecule has 0 aromatic carbocycles. The normalized spacial score (nSPS) is 10.5. The topological polar surface area (TPSA) is 46.7 Å². The second-order valence-corrected chi connectivity index (χ2v) is 4.36. The fourth-order valence-electron chi connectivity index (χ4n) is 1.67. The number of pyridine rings is 1. The van der Waals surface area contributed by atoms with E-state index in [0.29, 0.717) is 5.82 Å². The first kappa shape index (κ1) is 11.5. The molecule has 0 fully saturated rings. The van der Waals surface area contributed by atoms with Gasteiger partial charge in [0.2, 0.25) is 0 Å². The van der Waals surface area contributed by atoms with Crippen LogP contribution in [0.25, 0.3) is 0 Å². The van der Waals surface area contributed by atoms with Crippen LogP contribution in [0.4, 0.5) is 5.82 Å². The molecule has 88 valence electrons. The quantitative estimate of drug-likeness (QED) is 0.761. The summed E-state index contributed by atoms with van der Waals surface area (Å²) in [4.78, 5) is 4.31. The highest BCUT2D eigenvalue weighted by molar-refractivity contribution is 5.35. The first-order chi connectivity index (χ1) is 8.06. The second-order valence-electron chi connectivity index (χ2n) is 4.36. The molecular weight excluding hydrogens is 212 g/mol.